The molecule has 14 heteroatoms. The van der Waals surface area contributed by atoms with Crippen LogP contribution in [0.2, 0.25) is 0 Å². The Bertz CT molecular complexity index is 1340. The Morgan fingerprint density at radius 2 is 1.93 bits per heavy atom. The number of hydrogen-bond donors (Lipinski definition) is 1. The zero-order chi connectivity index (χ0) is 30.9. The highest BCUT2D eigenvalue weighted by atomic mass is 19.4. The van der Waals surface area contributed by atoms with Gasteiger partial charge in [-0.2, -0.15) is 31.9 Å². The second-order valence-corrected chi connectivity index (χ2v) is 11.5. The third-order valence-electron chi connectivity index (χ3n) is 8.30. The summed E-state index contributed by atoms with van der Waals surface area (Å²) in [6, 6.07) is 1.84. The molecule has 3 fully saturated rings. The lowest BCUT2D eigenvalue weighted by Crippen LogP contribution is -2.32. The zero-order valence-corrected chi connectivity index (χ0v) is 24.5. The molecule has 0 aromatic carbocycles. The van der Waals surface area contributed by atoms with Crippen LogP contribution in [0.15, 0.2) is 17.7 Å². The molecule has 0 amide bonds. The van der Waals surface area contributed by atoms with Crippen molar-refractivity contribution in [3.8, 4) is 6.01 Å². The fourth-order valence-corrected chi connectivity index (χ4v) is 6.37. The van der Waals surface area contributed by atoms with Crippen LogP contribution in [0, 0.1) is 12.8 Å². The molecule has 2 aromatic rings. The van der Waals surface area contributed by atoms with Crippen molar-refractivity contribution in [3.05, 3.63) is 45.8 Å². The number of rotatable bonds is 3. The Labute approximate surface area is 247 Å². The molecule has 2 N–H and O–H groups in total. The van der Waals surface area contributed by atoms with E-state index < -0.39 is 23.9 Å². The van der Waals surface area contributed by atoms with Gasteiger partial charge in [-0.05, 0) is 50.3 Å². The normalized spacial score (nSPS) is 24.1. The molecule has 0 aliphatic carbocycles. The van der Waals surface area contributed by atoms with Crippen LogP contribution in [0.4, 0.5) is 33.6 Å². The molecule has 3 saturated heterocycles. The number of nitrogens with zero attached hydrogens (tertiary/aromatic N) is 5. The molecule has 9 nitrogen and oxygen atoms in total. The molecule has 2 aromatic heterocycles. The lowest BCUT2D eigenvalue weighted by Gasteiger charge is -2.32. The number of aromatic nitrogens is 3. The summed E-state index contributed by atoms with van der Waals surface area (Å²) >= 11 is 0. The van der Waals surface area contributed by atoms with Crippen LogP contribution in [0.5, 0.6) is 6.01 Å². The molecule has 3 atom stereocenters. The first kappa shape index (κ1) is 31.3. The third kappa shape index (κ3) is 7.01. The summed E-state index contributed by atoms with van der Waals surface area (Å²) in [6.07, 6.45) is -3.86. The van der Waals surface area contributed by atoms with Crippen LogP contribution in [-0.2, 0) is 28.7 Å². The topological polar surface area (TPSA) is 98.9 Å². The number of ether oxygens (including phenoxy) is 3. The largest absolute Gasteiger partial charge is 0.467 e. The van der Waals surface area contributed by atoms with Crippen LogP contribution in [0.25, 0.3) is 0 Å². The lowest BCUT2D eigenvalue weighted by atomic mass is 9.94. The molecule has 4 aliphatic rings. The Morgan fingerprint density at radius 1 is 1.14 bits per heavy atom. The van der Waals surface area contributed by atoms with Crippen molar-refractivity contribution in [2.75, 3.05) is 57.1 Å². The summed E-state index contributed by atoms with van der Waals surface area (Å²) < 4.78 is 82.4. The summed E-state index contributed by atoms with van der Waals surface area (Å²) in [6.45, 7) is 7.57. The highest BCUT2D eigenvalue weighted by Crippen LogP contribution is 2.42. The Kier molecular flexibility index (Phi) is 9.37. The van der Waals surface area contributed by atoms with Crippen molar-refractivity contribution in [1.82, 2.24) is 19.9 Å². The van der Waals surface area contributed by atoms with E-state index in [1.54, 1.807) is 0 Å². The standard InChI is InChI=1S/C21H26F3N5O3.C8H11F2N/c1-11-8-29(4-5-31-9-11)19-14-10-32-16(7-15(14)27-20(28-19)30-3)13-6-17(25)26-12(2)18(13)21(22,23)24;9-8(10)6-4-7-2-1-3-11(7)5-6/h6,11,16H,4-5,7-10H2,1-3H3,(H2,25,26);7H,1-5H2. The van der Waals surface area contributed by atoms with Gasteiger partial charge < -0.3 is 24.8 Å². The minimum Gasteiger partial charge on any atom is -0.467 e. The first-order chi connectivity index (χ1) is 20.4. The van der Waals surface area contributed by atoms with E-state index in [9.17, 15) is 22.0 Å². The number of methoxy groups -OCH3 is 1. The molecule has 6 heterocycles. The van der Waals surface area contributed by atoms with E-state index in [1.165, 1.54) is 26.5 Å². The number of aryl methyl sites for hydroxylation is 1. The molecule has 43 heavy (non-hydrogen) atoms. The van der Waals surface area contributed by atoms with Crippen molar-refractivity contribution in [1.29, 1.82) is 0 Å². The summed E-state index contributed by atoms with van der Waals surface area (Å²) in [4.78, 5) is 17.0. The molecule has 3 unspecified atom stereocenters. The first-order valence-electron chi connectivity index (χ1n) is 14.4. The van der Waals surface area contributed by atoms with Crippen LogP contribution in [0.1, 0.15) is 60.4 Å². The van der Waals surface area contributed by atoms with Gasteiger partial charge in [0.15, 0.2) is 0 Å². The van der Waals surface area contributed by atoms with E-state index in [0.29, 0.717) is 61.8 Å². The maximum absolute atomic E-state index is 13.8. The Balaban J connectivity index is 0.000000279. The highest BCUT2D eigenvalue weighted by molar-refractivity contribution is 5.52. The van der Waals surface area contributed by atoms with E-state index >= 15 is 0 Å². The molecule has 236 valence electrons. The van der Waals surface area contributed by atoms with Crippen LogP contribution >= 0.6 is 0 Å². The molecule has 0 saturated carbocycles. The maximum Gasteiger partial charge on any atom is 0.418 e. The smallest absolute Gasteiger partial charge is 0.418 e. The van der Waals surface area contributed by atoms with E-state index in [2.05, 4.69) is 31.7 Å². The van der Waals surface area contributed by atoms with Gasteiger partial charge in [-0.1, -0.05) is 6.92 Å². The molecular weight excluding hydrogens is 575 g/mol. The van der Waals surface area contributed by atoms with Gasteiger partial charge in [0.25, 0.3) is 6.08 Å². The van der Waals surface area contributed by atoms with Crippen molar-refractivity contribution >= 4 is 11.6 Å². The fraction of sp³-hybridized carbons (Fsp3) is 0.621. The van der Waals surface area contributed by atoms with E-state index in [0.717, 1.165) is 25.1 Å². The van der Waals surface area contributed by atoms with Gasteiger partial charge in [0.2, 0.25) is 0 Å². The van der Waals surface area contributed by atoms with Gasteiger partial charge in [-0.15, -0.1) is 0 Å². The highest BCUT2D eigenvalue weighted by Gasteiger charge is 2.40. The van der Waals surface area contributed by atoms with Gasteiger partial charge in [-0.25, -0.2) is 4.98 Å². The molecule has 4 aliphatic heterocycles. The average molecular weight is 613 g/mol. The summed E-state index contributed by atoms with van der Waals surface area (Å²) in [5.41, 5.74) is 6.46. The molecule has 0 radical (unpaired) electrons. The van der Waals surface area contributed by atoms with Gasteiger partial charge in [-0.3, -0.25) is 4.90 Å². The predicted molar refractivity (Wildman–Crippen MR) is 149 cm³/mol. The number of nitrogen functional groups attached to an aromatic ring is 1. The van der Waals surface area contributed by atoms with Crippen LogP contribution < -0.4 is 15.4 Å². The van der Waals surface area contributed by atoms with Gasteiger partial charge in [0, 0.05) is 43.2 Å². The number of pyridine rings is 1. The summed E-state index contributed by atoms with van der Waals surface area (Å²) in [7, 11) is 1.46. The minimum absolute atomic E-state index is 0.0133. The maximum atomic E-state index is 13.8. The van der Waals surface area contributed by atoms with Gasteiger partial charge in [0.1, 0.15) is 11.6 Å². The van der Waals surface area contributed by atoms with Crippen molar-refractivity contribution in [2.45, 2.75) is 64.5 Å². The number of alkyl halides is 3. The van der Waals surface area contributed by atoms with Gasteiger partial charge in [0.05, 0.1) is 50.0 Å². The van der Waals surface area contributed by atoms with Crippen molar-refractivity contribution in [3.63, 3.8) is 0 Å². The van der Waals surface area contributed by atoms with E-state index in [4.69, 9.17) is 19.9 Å². The van der Waals surface area contributed by atoms with E-state index in [-0.39, 0.29) is 36.1 Å². The predicted octanol–water partition coefficient (Wildman–Crippen LogP) is 5.08. The number of halogens is 5. The van der Waals surface area contributed by atoms with Gasteiger partial charge >= 0.3 is 12.2 Å². The number of fused-ring (bicyclic) bond motifs is 2. The summed E-state index contributed by atoms with van der Waals surface area (Å²) in [5.74, 6) is 0.979. The minimum atomic E-state index is -4.58. The van der Waals surface area contributed by atoms with Crippen LogP contribution in [-0.4, -0.2) is 72.4 Å². The Morgan fingerprint density at radius 3 is 2.63 bits per heavy atom. The van der Waals surface area contributed by atoms with Crippen molar-refractivity contribution in [2.24, 2.45) is 5.92 Å². The quantitative estimate of drug-likeness (QED) is 0.476. The molecule has 0 spiro atoms. The molecular formula is C29H37F5N6O3. The number of hydrogen-bond acceptors (Lipinski definition) is 9. The second-order valence-electron chi connectivity index (χ2n) is 11.5. The Hall–Kier alpha value is -3.10. The molecule has 0 bridgehead atoms. The SMILES string of the molecule is COc1nc2c(c(N3CCOCC(C)C3)n1)COC(c1cc(N)nc(C)c1C(F)(F)F)C2.FC(F)=C1CC2CCCN2C1. The number of anilines is 2. The lowest BCUT2D eigenvalue weighted by molar-refractivity contribution is -0.140. The fourth-order valence-electron chi connectivity index (χ4n) is 6.37. The van der Waals surface area contributed by atoms with Crippen LogP contribution in [0.3, 0.4) is 0 Å². The zero-order valence-electron chi connectivity index (χ0n) is 24.5. The molecule has 6 rings (SSSR count). The van der Waals surface area contributed by atoms with Crippen molar-refractivity contribution < 1.29 is 36.2 Å². The van der Waals surface area contributed by atoms with E-state index in [1.807, 2.05) is 0 Å². The summed E-state index contributed by atoms with van der Waals surface area (Å²) in [5, 5.41) is 0. The second kappa shape index (κ2) is 12.9. The average Bonchev–Trinajstić information content (AvgIpc) is 3.49. The monoisotopic (exact) mass is 612 g/mol. The first-order valence-corrected chi connectivity index (χ1v) is 14.4. The number of nitrogens with two attached hydrogens (primary N) is 1. The third-order valence-corrected chi connectivity index (χ3v) is 8.30.